The standard InChI is InChI=1S/C13H25N/c1-7-8-14-12(3,4)9-11(2)10-13(14,5)6/h7,11H,1,8-10H2,2-6H3. The second-order valence-corrected chi connectivity index (χ2v) is 6.04. The summed E-state index contributed by atoms with van der Waals surface area (Å²) in [5, 5.41) is 0. The normalized spacial score (nSPS) is 27.5. The Morgan fingerprint density at radius 3 is 2.00 bits per heavy atom. The van der Waals surface area contributed by atoms with Crippen LogP contribution in [-0.2, 0) is 0 Å². The van der Waals surface area contributed by atoms with Crippen molar-refractivity contribution in [3.63, 3.8) is 0 Å². The number of nitrogens with zero attached hydrogens (tertiary/aromatic N) is 1. The molecule has 1 aliphatic heterocycles. The molecular weight excluding hydrogens is 170 g/mol. The Labute approximate surface area is 89.2 Å². The lowest BCUT2D eigenvalue weighted by Gasteiger charge is -2.54. The molecule has 0 aliphatic carbocycles. The van der Waals surface area contributed by atoms with Crippen molar-refractivity contribution in [1.29, 1.82) is 0 Å². The van der Waals surface area contributed by atoms with Crippen LogP contribution < -0.4 is 0 Å². The second kappa shape index (κ2) is 3.69. The molecule has 1 fully saturated rings. The first-order valence-corrected chi connectivity index (χ1v) is 5.68. The van der Waals surface area contributed by atoms with Crippen LogP contribution in [0.25, 0.3) is 0 Å². The second-order valence-electron chi connectivity index (χ2n) is 6.04. The van der Waals surface area contributed by atoms with Crippen LogP contribution in [-0.4, -0.2) is 22.5 Å². The number of piperidine rings is 1. The van der Waals surface area contributed by atoms with Crippen LogP contribution in [0.15, 0.2) is 12.7 Å². The van der Waals surface area contributed by atoms with Crippen molar-refractivity contribution in [2.75, 3.05) is 6.54 Å². The Morgan fingerprint density at radius 1 is 1.21 bits per heavy atom. The lowest BCUT2D eigenvalue weighted by molar-refractivity contribution is -0.0383. The minimum Gasteiger partial charge on any atom is -0.289 e. The summed E-state index contributed by atoms with van der Waals surface area (Å²) in [6.45, 7) is 16.7. The molecule has 0 aromatic heterocycles. The maximum Gasteiger partial charge on any atom is 0.0171 e. The Hall–Kier alpha value is -0.300. The summed E-state index contributed by atoms with van der Waals surface area (Å²) in [4.78, 5) is 2.59. The minimum absolute atomic E-state index is 0.315. The fourth-order valence-electron chi connectivity index (χ4n) is 3.44. The topological polar surface area (TPSA) is 3.24 Å². The van der Waals surface area contributed by atoms with Gasteiger partial charge in [0, 0.05) is 17.6 Å². The lowest BCUT2D eigenvalue weighted by Crippen LogP contribution is -2.60. The Morgan fingerprint density at radius 2 is 1.64 bits per heavy atom. The monoisotopic (exact) mass is 195 g/mol. The van der Waals surface area contributed by atoms with E-state index in [2.05, 4.69) is 46.1 Å². The van der Waals surface area contributed by atoms with Gasteiger partial charge in [-0.15, -0.1) is 6.58 Å². The first kappa shape index (κ1) is 11.8. The Bertz CT molecular complexity index is 197. The summed E-state index contributed by atoms with van der Waals surface area (Å²) >= 11 is 0. The summed E-state index contributed by atoms with van der Waals surface area (Å²) in [7, 11) is 0. The molecule has 0 radical (unpaired) electrons. The summed E-state index contributed by atoms with van der Waals surface area (Å²) in [5.41, 5.74) is 0.630. The van der Waals surface area contributed by atoms with Crippen LogP contribution in [0, 0.1) is 5.92 Å². The van der Waals surface area contributed by atoms with E-state index in [1.165, 1.54) is 12.8 Å². The van der Waals surface area contributed by atoms with E-state index >= 15 is 0 Å². The highest BCUT2D eigenvalue weighted by molar-refractivity contribution is 5.00. The van der Waals surface area contributed by atoms with Crippen molar-refractivity contribution in [1.82, 2.24) is 4.90 Å². The van der Waals surface area contributed by atoms with Crippen molar-refractivity contribution in [3.8, 4) is 0 Å². The van der Waals surface area contributed by atoms with Gasteiger partial charge >= 0.3 is 0 Å². The molecule has 0 N–H and O–H groups in total. The van der Waals surface area contributed by atoms with Crippen LogP contribution in [0.1, 0.15) is 47.5 Å². The highest BCUT2D eigenvalue weighted by Crippen LogP contribution is 2.40. The van der Waals surface area contributed by atoms with Crippen LogP contribution in [0.4, 0.5) is 0 Å². The lowest BCUT2D eigenvalue weighted by atomic mass is 9.74. The van der Waals surface area contributed by atoms with Crippen LogP contribution in [0.3, 0.4) is 0 Å². The molecule has 1 rings (SSSR count). The third kappa shape index (κ3) is 2.20. The summed E-state index contributed by atoms with van der Waals surface area (Å²) in [5.74, 6) is 0.834. The maximum absolute atomic E-state index is 3.86. The molecule has 0 aromatic carbocycles. The number of likely N-dealkylation sites (tertiary alicyclic amines) is 1. The molecule has 1 heterocycles. The van der Waals surface area contributed by atoms with Crippen molar-refractivity contribution < 1.29 is 0 Å². The molecule has 0 aromatic rings. The number of rotatable bonds is 2. The fourth-order valence-corrected chi connectivity index (χ4v) is 3.44. The predicted octanol–water partition coefficient (Wildman–Crippen LogP) is 3.46. The van der Waals surface area contributed by atoms with E-state index in [-0.39, 0.29) is 0 Å². The van der Waals surface area contributed by atoms with Crippen LogP contribution in [0.2, 0.25) is 0 Å². The first-order chi connectivity index (χ1) is 6.29. The molecule has 0 saturated carbocycles. The van der Waals surface area contributed by atoms with E-state index in [0.29, 0.717) is 11.1 Å². The predicted molar refractivity (Wildman–Crippen MR) is 63.5 cm³/mol. The van der Waals surface area contributed by atoms with Crippen molar-refractivity contribution in [2.45, 2.75) is 58.5 Å². The summed E-state index contributed by atoms with van der Waals surface area (Å²) in [6, 6.07) is 0. The van der Waals surface area contributed by atoms with E-state index in [4.69, 9.17) is 0 Å². The van der Waals surface area contributed by atoms with Crippen LogP contribution >= 0.6 is 0 Å². The molecule has 1 nitrogen and oxygen atoms in total. The molecule has 1 saturated heterocycles. The first-order valence-electron chi connectivity index (χ1n) is 5.68. The average Bonchev–Trinajstić information content (AvgIpc) is 1.94. The zero-order valence-corrected chi connectivity index (χ0v) is 10.4. The van der Waals surface area contributed by atoms with E-state index in [9.17, 15) is 0 Å². The van der Waals surface area contributed by atoms with Gasteiger partial charge in [-0.3, -0.25) is 4.90 Å². The Kier molecular flexibility index (Phi) is 3.10. The molecule has 1 heteroatoms. The van der Waals surface area contributed by atoms with Gasteiger partial charge in [0.15, 0.2) is 0 Å². The third-order valence-corrected chi connectivity index (χ3v) is 3.47. The van der Waals surface area contributed by atoms with Gasteiger partial charge < -0.3 is 0 Å². The zero-order chi connectivity index (χ0) is 11.0. The van der Waals surface area contributed by atoms with Crippen molar-refractivity contribution in [2.24, 2.45) is 5.92 Å². The van der Waals surface area contributed by atoms with Gasteiger partial charge in [-0.25, -0.2) is 0 Å². The largest absolute Gasteiger partial charge is 0.289 e. The average molecular weight is 195 g/mol. The van der Waals surface area contributed by atoms with Crippen molar-refractivity contribution >= 4 is 0 Å². The number of hydrogen-bond donors (Lipinski definition) is 0. The molecule has 1 aliphatic rings. The third-order valence-electron chi connectivity index (χ3n) is 3.47. The minimum atomic E-state index is 0.315. The molecule has 0 atom stereocenters. The molecular formula is C13H25N. The molecule has 0 unspecified atom stereocenters. The summed E-state index contributed by atoms with van der Waals surface area (Å²) < 4.78 is 0. The summed E-state index contributed by atoms with van der Waals surface area (Å²) in [6.07, 6.45) is 4.62. The van der Waals surface area contributed by atoms with E-state index in [1.54, 1.807) is 0 Å². The van der Waals surface area contributed by atoms with Gasteiger partial charge in [-0.2, -0.15) is 0 Å². The highest BCUT2D eigenvalue weighted by Gasteiger charge is 2.42. The van der Waals surface area contributed by atoms with Gasteiger partial charge in [0.05, 0.1) is 0 Å². The van der Waals surface area contributed by atoms with Gasteiger partial charge in [-0.1, -0.05) is 13.0 Å². The van der Waals surface area contributed by atoms with Crippen molar-refractivity contribution in [3.05, 3.63) is 12.7 Å². The van der Waals surface area contributed by atoms with E-state index < -0.39 is 0 Å². The maximum atomic E-state index is 3.86. The van der Waals surface area contributed by atoms with Gasteiger partial charge in [-0.05, 0) is 46.5 Å². The van der Waals surface area contributed by atoms with E-state index in [0.717, 1.165) is 12.5 Å². The smallest absolute Gasteiger partial charge is 0.0171 e. The number of hydrogen-bond acceptors (Lipinski definition) is 1. The quantitative estimate of drug-likeness (QED) is 0.610. The molecule has 82 valence electrons. The highest BCUT2D eigenvalue weighted by atomic mass is 15.3. The molecule has 0 spiro atoms. The van der Waals surface area contributed by atoms with Gasteiger partial charge in [0.1, 0.15) is 0 Å². The Balaban J connectivity index is 2.90. The fraction of sp³-hybridized carbons (Fsp3) is 0.846. The zero-order valence-electron chi connectivity index (χ0n) is 10.4. The molecule has 14 heavy (non-hydrogen) atoms. The SMILES string of the molecule is C=CCN1C(C)(C)CC(C)CC1(C)C. The molecule has 0 bridgehead atoms. The van der Waals surface area contributed by atoms with Gasteiger partial charge in [0.25, 0.3) is 0 Å². The molecule has 0 amide bonds. The van der Waals surface area contributed by atoms with E-state index in [1.807, 2.05) is 6.08 Å². The van der Waals surface area contributed by atoms with Gasteiger partial charge in [0.2, 0.25) is 0 Å². The van der Waals surface area contributed by atoms with Crippen LogP contribution in [0.5, 0.6) is 0 Å².